The molecule has 0 aromatic heterocycles. The highest BCUT2D eigenvalue weighted by Crippen LogP contribution is 2.78. The molecule has 2 heterocycles. The van der Waals surface area contributed by atoms with Gasteiger partial charge in [0, 0.05) is 42.0 Å². The highest BCUT2D eigenvalue weighted by Gasteiger charge is 2.82. The second-order valence-electron chi connectivity index (χ2n) is 13.8. The van der Waals surface area contributed by atoms with Gasteiger partial charge in [0.05, 0.1) is 5.60 Å². The Morgan fingerprint density at radius 1 is 1.15 bits per heavy atom. The van der Waals surface area contributed by atoms with E-state index in [1.807, 2.05) is 20.1 Å². The molecule has 5 fully saturated rings. The molecule has 0 radical (unpaired) electrons. The van der Waals surface area contributed by atoms with Crippen molar-refractivity contribution in [2.45, 2.75) is 101 Å². The normalized spacial score (nSPS) is 43.9. The molecule has 2 aliphatic heterocycles. The fourth-order valence-corrected chi connectivity index (χ4v) is 9.58. The van der Waals surface area contributed by atoms with Gasteiger partial charge in [0.2, 0.25) is 0 Å². The van der Waals surface area contributed by atoms with Crippen molar-refractivity contribution < 1.29 is 19.7 Å². The van der Waals surface area contributed by atoms with Crippen molar-refractivity contribution in [3.8, 4) is 11.5 Å². The number of fused-ring (bicyclic) bond motifs is 2. The van der Waals surface area contributed by atoms with Crippen molar-refractivity contribution >= 4 is 0 Å². The first-order valence-electron chi connectivity index (χ1n) is 13.6. The molecule has 2 spiro atoms. The number of aliphatic hydroxyl groups is 1. The number of hydrogen-bond donors (Lipinski definition) is 2. The number of benzene rings is 1. The maximum Gasteiger partial charge on any atom is 0.165 e. The van der Waals surface area contributed by atoms with E-state index in [1.54, 1.807) is 0 Å². The largest absolute Gasteiger partial charge is 0.504 e. The Hall–Kier alpha value is -1.30. The summed E-state index contributed by atoms with van der Waals surface area (Å²) in [4.78, 5) is 2.82. The van der Waals surface area contributed by atoms with Crippen LogP contribution in [-0.2, 0) is 16.6 Å². The lowest BCUT2D eigenvalue weighted by Gasteiger charge is -2.75. The minimum atomic E-state index is -0.909. The first-order chi connectivity index (χ1) is 16.0. The molecular weight excluding hydrogens is 426 g/mol. The van der Waals surface area contributed by atoms with E-state index in [2.05, 4.69) is 31.7 Å². The third-order valence-corrected chi connectivity index (χ3v) is 11.9. The topological polar surface area (TPSA) is 62.2 Å². The van der Waals surface area contributed by atoms with Crippen LogP contribution in [0.2, 0.25) is 0 Å². The molecule has 4 bridgehead atoms. The van der Waals surface area contributed by atoms with Crippen molar-refractivity contribution in [1.29, 1.82) is 0 Å². The first kappa shape index (κ1) is 21.9. The molecule has 4 saturated carbocycles. The molecule has 2 unspecified atom stereocenters. The average Bonchev–Trinajstić information content (AvgIpc) is 3.53. The quantitative estimate of drug-likeness (QED) is 0.687. The fraction of sp³-hybridized carbons (Fsp3) is 0.793. The summed E-state index contributed by atoms with van der Waals surface area (Å²) in [6, 6.07) is 4.46. The van der Waals surface area contributed by atoms with Crippen molar-refractivity contribution in [3.63, 3.8) is 0 Å². The van der Waals surface area contributed by atoms with Crippen LogP contribution in [0.4, 0.5) is 0 Å². The summed E-state index contributed by atoms with van der Waals surface area (Å²) in [7, 11) is 1.83. The van der Waals surface area contributed by atoms with Crippen molar-refractivity contribution in [2.24, 2.45) is 22.7 Å². The Kier molecular flexibility index (Phi) is 4.08. The minimum Gasteiger partial charge on any atom is -0.504 e. The monoisotopic (exact) mass is 467 g/mol. The minimum absolute atomic E-state index is 0.0294. The lowest BCUT2D eigenvalue weighted by atomic mass is 9.33. The van der Waals surface area contributed by atoms with Crippen LogP contribution in [0.3, 0.4) is 0 Å². The summed E-state index contributed by atoms with van der Waals surface area (Å²) in [6.07, 6.45) is 7.64. The summed E-state index contributed by atoms with van der Waals surface area (Å²) in [5, 5.41) is 23.2. The zero-order chi connectivity index (χ0) is 23.9. The van der Waals surface area contributed by atoms with Crippen LogP contribution in [0.25, 0.3) is 0 Å². The van der Waals surface area contributed by atoms with E-state index in [-0.39, 0.29) is 34.0 Å². The van der Waals surface area contributed by atoms with E-state index in [0.717, 1.165) is 44.6 Å². The van der Waals surface area contributed by atoms with E-state index in [0.29, 0.717) is 11.8 Å². The Morgan fingerprint density at radius 3 is 2.59 bits per heavy atom. The summed E-state index contributed by atoms with van der Waals surface area (Å²) >= 11 is 0. The molecule has 186 valence electrons. The van der Waals surface area contributed by atoms with Crippen molar-refractivity contribution in [1.82, 2.24) is 4.90 Å². The van der Waals surface area contributed by atoms with Crippen LogP contribution < -0.4 is 4.74 Å². The van der Waals surface area contributed by atoms with Gasteiger partial charge >= 0.3 is 0 Å². The van der Waals surface area contributed by atoms with Gasteiger partial charge in [0.1, 0.15) is 11.7 Å². The van der Waals surface area contributed by atoms with Crippen LogP contribution in [0.15, 0.2) is 12.1 Å². The van der Waals surface area contributed by atoms with Crippen LogP contribution in [0.1, 0.15) is 77.3 Å². The van der Waals surface area contributed by atoms with Gasteiger partial charge in [-0.3, -0.25) is 4.90 Å². The van der Waals surface area contributed by atoms with E-state index in [9.17, 15) is 10.2 Å². The second-order valence-corrected chi connectivity index (χ2v) is 13.8. The standard InChI is InChI=1S/C29H41NO4/c1-25(2,3)26(4,32)20-15-27-10-11-29(20,33-5)24-28(27)12-13-30(16-17-6-7-17)21(27)14-18-8-9-19(31)23(34-24)22(18)28/h8-9,17,20-21,24,31-32H,6-7,10-16H2,1-5H3/t20-,21-,24?,26-,27?,28+,29-/m1/s1. The maximum atomic E-state index is 12.2. The maximum absolute atomic E-state index is 12.2. The van der Waals surface area contributed by atoms with Gasteiger partial charge in [-0.2, -0.15) is 0 Å². The molecule has 7 aliphatic rings. The molecule has 1 aromatic carbocycles. The van der Waals surface area contributed by atoms with E-state index < -0.39 is 11.2 Å². The van der Waals surface area contributed by atoms with Gasteiger partial charge in [0.15, 0.2) is 11.5 Å². The van der Waals surface area contributed by atoms with Gasteiger partial charge in [-0.05, 0) is 81.4 Å². The highest BCUT2D eigenvalue weighted by molar-refractivity contribution is 5.63. The Bertz CT molecular complexity index is 1060. The zero-order valence-electron chi connectivity index (χ0n) is 21.5. The molecule has 5 aliphatic carbocycles. The van der Waals surface area contributed by atoms with E-state index >= 15 is 0 Å². The second kappa shape index (κ2) is 6.33. The molecule has 2 N–H and O–H groups in total. The van der Waals surface area contributed by atoms with Gasteiger partial charge in [-0.15, -0.1) is 0 Å². The third-order valence-electron chi connectivity index (χ3n) is 11.9. The number of phenolic OH excluding ortho intramolecular Hbond substituents is 1. The van der Waals surface area contributed by atoms with E-state index in [1.165, 1.54) is 30.5 Å². The molecule has 8 rings (SSSR count). The molecule has 1 saturated heterocycles. The van der Waals surface area contributed by atoms with Gasteiger partial charge in [0.25, 0.3) is 0 Å². The number of methoxy groups -OCH3 is 1. The Balaban J connectivity index is 1.47. The summed E-state index contributed by atoms with van der Waals surface area (Å²) < 4.78 is 13.5. The fourth-order valence-electron chi connectivity index (χ4n) is 9.58. The number of nitrogens with zero attached hydrogens (tertiary/aromatic N) is 1. The van der Waals surface area contributed by atoms with E-state index in [4.69, 9.17) is 9.47 Å². The first-order valence-corrected chi connectivity index (χ1v) is 13.6. The number of ether oxygens (including phenoxy) is 2. The lowest BCUT2D eigenvalue weighted by Crippen LogP contribution is -2.83. The predicted molar refractivity (Wildman–Crippen MR) is 130 cm³/mol. The van der Waals surface area contributed by atoms with Crippen LogP contribution in [0.5, 0.6) is 11.5 Å². The van der Waals surface area contributed by atoms with Gasteiger partial charge in [-0.1, -0.05) is 26.8 Å². The smallest absolute Gasteiger partial charge is 0.165 e. The van der Waals surface area contributed by atoms with Crippen LogP contribution in [0, 0.1) is 22.7 Å². The third kappa shape index (κ3) is 2.25. The number of rotatable bonds is 4. The number of likely N-dealkylation sites (tertiary alicyclic amines) is 1. The molecule has 34 heavy (non-hydrogen) atoms. The van der Waals surface area contributed by atoms with Crippen molar-refractivity contribution in [2.75, 3.05) is 20.2 Å². The summed E-state index contributed by atoms with van der Waals surface area (Å²) in [5.41, 5.74) is 0.783. The molecule has 1 aromatic rings. The Morgan fingerprint density at radius 2 is 1.91 bits per heavy atom. The average molecular weight is 468 g/mol. The number of piperidine rings is 1. The molecular formula is C29H41NO4. The zero-order valence-corrected chi connectivity index (χ0v) is 21.5. The highest BCUT2D eigenvalue weighted by atomic mass is 16.6. The molecule has 5 heteroatoms. The number of phenols is 1. The number of hydrogen-bond acceptors (Lipinski definition) is 5. The van der Waals surface area contributed by atoms with Gasteiger partial charge < -0.3 is 19.7 Å². The SMILES string of the molecule is CO[C@]12CCC3(C[C@@H]1[C@@](C)(O)C(C)(C)C)[C@H]1Cc4ccc(O)c5c4[C@@]3(CCN1CC1CC1)C2O5. The molecule has 5 nitrogen and oxygen atoms in total. The molecule has 7 atom stereocenters. The van der Waals surface area contributed by atoms with Crippen LogP contribution >= 0.6 is 0 Å². The number of aromatic hydroxyl groups is 1. The lowest BCUT2D eigenvalue weighted by molar-refractivity contribution is -0.312. The van der Waals surface area contributed by atoms with Crippen LogP contribution in [-0.4, -0.2) is 58.7 Å². The molecule has 0 amide bonds. The Labute approximate surface area is 203 Å². The summed E-state index contributed by atoms with van der Waals surface area (Å²) in [6.45, 7) is 10.8. The van der Waals surface area contributed by atoms with Crippen molar-refractivity contribution in [3.05, 3.63) is 23.3 Å². The van der Waals surface area contributed by atoms with Gasteiger partial charge in [-0.25, -0.2) is 0 Å². The summed E-state index contributed by atoms with van der Waals surface area (Å²) in [5.74, 6) is 1.80. The predicted octanol–water partition coefficient (Wildman–Crippen LogP) is 4.41.